The molecule has 0 fully saturated rings. The van der Waals surface area contributed by atoms with Gasteiger partial charge in [-0.3, -0.25) is 14.4 Å². The lowest BCUT2D eigenvalue weighted by atomic mass is 10.00. The van der Waals surface area contributed by atoms with E-state index in [1.54, 1.807) is 78.9 Å². The number of aliphatic hydroxyl groups excluding tert-OH is 1. The summed E-state index contributed by atoms with van der Waals surface area (Å²) in [5, 5.41) is 16.1. The Hall–Kier alpha value is -3.27. The zero-order valence-corrected chi connectivity index (χ0v) is 20.5. The van der Waals surface area contributed by atoms with Crippen molar-refractivity contribution in [3.05, 3.63) is 137 Å². The molecule has 4 rings (SSSR count). The number of hydrogen-bond donors (Lipinski definition) is 2. The fraction of sp³-hybridized carbons (Fsp3) is 0.0690. The predicted octanol–water partition coefficient (Wildman–Crippen LogP) is 5.48. The molecule has 0 aromatic heterocycles. The smallest absolute Gasteiger partial charge is 0.205 e. The highest BCUT2D eigenvalue weighted by atomic mass is 35.5. The molecule has 0 unspecified atom stereocenters. The maximum Gasteiger partial charge on any atom is 0.205 e. The van der Waals surface area contributed by atoms with Gasteiger partial charge in [0, 0.05) is 21.2 Å². The van der Waals surface area contributed by atoms with Crippen molar-refractivity contribution < 1.29 is 14.5 Å². The van der Waals surface area contributed by atoms with Gasteiger partial charge in [-0.1, -0.05) is 103 Å². The van der Waals surface area contributed by atoms with E-state index < -0.39 is 25.2 Å². The number of ketones is 1. The van der Waals surface area contributed by atoms with Crippen LogP contribution in [0.2, 0.25) is 5.02 Å². The van der Waals surface area contributed by atoms with Gasteiger partial charge in [-0.15, -0.1) is 0 Å². The Morgan fingerprint density at radius 2 is 1.26 bits per heavy atom. The standard InChI is InChI=1S/C29H25ClNO3P/c30-24-19-16-22(17-20-24)18-21-27(29(33)28(32)23-10-4-1-5-11-23)31-35(34,25-12-6-2-7-13-25)26-14-8-3-9-15-26/h1-21,27,29,33H,(H,31,34)/b21-18+/t27-,29+/m0/s1. The second-order valence-electron chi connectivity index (χ2n) is 8.02. The minimum absolute atomic E-state index is 0.376. The Morgan fingerprint density at radius 1 is 0.771 bits per heavy atom. The van der Waals surface area contributed by atoms with Crippen LogP contribution in [0.5, 0.6) is 0 Å². The number of halogens is 1. The molecule has 0 saturated heterocycles. The molecule has 35 heavy (non-hydrogen) atoms. The average molecular weight is 502 g/mol. The van der Waals surface area contributed by atoms with Crippen molar-refractivity contribution in [2.45, 2.75) is 12.1 Å². The fourth-order valence-corrected chi connectivity index (χ4v) is 6.28. The third kappa shape index (κ3) is 6.05. The van der Waals surface area contributed by atoms with Crippen molar-refractivity contribution in [2.24, 2.45) is 0 Å². The number of aliphatic hydroxyl groups is 1. The Morgan fingerprint density at radius 3 is 1.77 bits per heavy atom. The molecule has 0 spiro atoms. The molecule has 176 valence electrons. The molecule has 0 aliphatic heterocycles. The first-order valence-electron chi connectivity index (χ1n) is 11.2. The second-order valence-corrected chi connectivity index (χ2v) is 11.0. The van der Waals surface area contributed by atoms with Crippen molar-refractivity contribution in [1.82, 2.24) is 5.09 Å². The number of rotatable bonds is 9. The zero-order chi connectivity index (χ0) is 24.7. The third-order valence-electron chi connectivity index (χ3n) is 5.60. The lowest BCUT2D eigenvalue weighted by Crippen LogP contribution is -2.44. The van der Waals surface area contributed by atoms with E-state index in [2.05, 4.69) is 5.09 Å². The van der Waals surface area contributed by atoms with Gasteiger partial charge >= 0.3 is 0 Å². The summed E-state index contributed by atoms with van der Waals surface area (Å²) in [5.74, 6) is -0.462. The summed E-state index contributed by atoms with van der Waals surface area (Å²) in [4.78, 5) is 13.2. The summed E-state index contributed by atoms with van der Waals surface area (Å²) in [6.07, 6.45) is 1.98. The molecule has 0 amide bonds. The van der Waals surface area contributed by atoms with Gasteiger partial charge in [0.05, 0.1) is 6.04 Å². The molecular formula is C29H25ClNO3P. The number of carbonyl (C=O) groups is 1. The predicted molar refractivity (Wildman–Crippen MR) is 144 cm³/mol. The van der Waals surface area contributed by atoms with E-state index in [1.165, 1.54) is 0 Å². The summed E-state index contributed by atoms with van der Waals surface area (Å²) in [6, 6.07) is 32.9. The van der Waals surface area contributed by atoms with Crippen LogP contribution in [0.25, 0.3) is 6.08 Å². The highest BCUT2D eigenvalue weighted by molar-refractivity contribution is 7.77. The van der Waals surface area contributed by atoms with Crippen LogP contribution in [0.4, 0.5) is 0 Å². The summed E-state index contributed by atoms with van der Waals surface area (Å²) in [6.45, 7) is 0. The monoisotopic (exact) mass is 501 g/mol. The minimum atomic E-state index is -3.43. The first kappa shape index (κ1) is 24.8. The van der Waals surface area contributed by atoms with Crippen molar-refractivity contribution >= 4 is 41.4 Å². The Labute approximate surface area is 210 Å². The molecule has 6 heteroatoms. The summed E-state index contributed by atoms with van der Waals surface area (Å²) in [5.41, 5.74) is 1.20. The van der Waals surface area contributed by atoms with Gasteiger partial charge in [-0.05, 0) is 42.0 Å². The maximum atomic E-state index is 14.6. The van der Waals surface area contributed by atoms with Crippen LogP contribution in [-0.2, 0) is 4.57 Å². The Kier molecular flexibility index (Phi) is 8.12. The number of nitrogens with one attached hydrogen (secondary N) is 1. The van der Waals surface area contributed by atoms with E-state index in [9.17, 15) is 14.5 Å². The first-order chi connectivity index (χ1) is 17.0. The number of carbonyl (C=O) groups excluding carboxylic acids is 1. The normalized spacial score (nSPS) is 13.4. The Balaban J connectivity index is 1.75. The van der Waals surface area contributed by atoms with Crippen LogP contribution in [0.1, 0.15) is 15.9 Å². The van der Waals surface area contributed by atoms with E-state index in [0.29, 0.717) is 21.2 Å². The van der Waals surface area contributed by atoms with Crippen molar-refractivity contribution in [2.75, 3.05) is 0 Å². The largest absolute Gasteiger partial charge is 0.383 e. The first-order valence-corrected chi connectivity index (χ1v) is 13.3. The third-order valence-corrected chi connectivity index (χ3v) is 8.57. The lowest BCUT2D eigenvalue weighted by Gasteiger charge is -2.28. The molecule has 0 aliphatic carbocycles. The molecule has 2 N–H and O–H groups in total. The quantitative estimate of drug-likeness (QED) is 0.235. The van der Waals surface area contributed by atoms with Crippen LogP contribution >= 0.6 is 18.9 Å². The molecule has 0 aliphatic rings. The van der Waals surface area contributed by atoms with Gasteiger partial charge in [-0.25, -0.2) is 0 Å². The molecule has 2 atom stereocenters. The number of hydrogen-bond acceptors (Lipinski definition) is 3. The number of benzene rings is 4. The number of Topliss-reactive ketones (excluding diaryl/α,β-unsaturated/α-hetero) is 1. The summed E-state index contributed by atoms with van der Waals surface area (Å²) >= 11 is 6.00. The van der Waals surface area contributed by atoms with Gasteiger partial charge in [0.1, 0.15) is 6.10 Å². The Bertz CT molecular complexity index is 1280. The molecule has 0 heterocycles. The SMILES string of the molecule is O=C(c1ccccc1)[C@H](O)[C@H](/C=C/c1ccc(Cl)cc1)NP(=O)(c1ccccc1)c1ccccc1. The van der Waals surface area contributed by atoms with Crippen LogP contribution in [0.15, 0.2) is 121 Å². The summed E-state index contributed by atoms with van der Waals surface area (Å²) in [7, 11) is -3.43. The van der Waals surface area contributed by atoms with Crippen molar-refractivity contribution in [3.63, 3.8) is 0 Å². The van der Waals surface area contributed by atoms with E-state index in [0.717, 1.165) is 5.56 Å². The highest BCUT2D eigenvalue weighted by Crippen LogP contribution is 2.40. The van der Waals surface area contributed by atoms with Gasteiger partial charge in [0.25, 0.3) is 0 Å². The van der Waals surface area contributed by atoms with Crippen molar-refractivity contribution in [3.8, 4) is 0 Å². The van der Waals surface area contributed by atoms with Crippen LogP contribution < -0.4 is 15.7 Å². The van der Waals surface area contributed by atoms with Crippen LogP contribution in [0, 0.1) is 0 Å². The molecular weight excluding hydrogens is 477 g/mol. The molecule has 4 nitrogen and oxygen atoms in total. The molecule has 0 saturated carbocycles. The van der Waals surface area contributed by atoms with Crippen LogP contribution in [-0.4, -0.2) is 23.0 Å². The lowest BCUT2D eigenvalue weighted by molar-refractivity contribution is 0.0714. The van der Waals surface area contributed by atoms with E-state index in [-0.39, 0.29) is 0 Å². The van der Waals surface area contributed by atoms with E-state index >= 15 is 0 Å². The van der Waals surface area contributed by atoms with Gasteiger partial charge in [0.15, 0.2) is 5.78 Å². The molecule has 0 radical (unpaired) electrons. The zero-order valence-electron chi connectivity index (χ0n) is 18.9. The van der Waals surface area contributed by atoms with Crippen LogP contribution in [0.3, 0.4) is 0 Å². The fourth-order valence-electron chi connectivity index (χ4n) is 3.73. The molecule has 4 aromatic carbocycles. The average Bonchev–Trinajstić information content (AvgIpc) is 2.92. The van der Waals surface area contributed by atoms with E-state index in [1.807, 2.05) is 48.5 Å². The van der Waals surface area contributed by atoms with Gasteiger partial charge in [0.2, 0.25) is 7.29 Å². The molecule has 0 bridgehead atoms. The van der Waals surface area contributed by atoms with Gasteiger partial charge in [-0.2, -0.15) is 0 Å². The topological polar surface area (TPSA) is 66.4 Å². The summed E-state index contributed by atoms with van der Waals surface area (Å²) < 4.78 is 14.6. The second kappa shape index (κ2) is 11.4. The molecule has 4 aromatic rings. The minimum Gasteiger partial charge on any atom is -0.383 e. The van der Waals surface area contributed by atoms with Gasteiger partial charge < -0.3 is 5.11 Å². The van der Waals surface area contributed by atoms with E-state index in [4.69, 9.17) is 11.6 Å². The maximum absolute atomic E-state index is 14.6. The highest BCUT2D eigenvalue weighted by Gasteiger charge is 2.34. The van der Waals surface area contributed by atoms with Crippen molar-refractivity contribution in [1.29, 1.82) is 0 Å².